The summed E-state index contributed by atoms with van der Waals surface area (Å²) >= 11 is 0. The maximum absolute atomic E-state index is 13.4. The van der Waals surface area contributed by atoms with E-state index < -0.39 is 12.4 Å². The number of anilines is 1. The molecule has 0 aliphatic rings. The van der Waals surface area contributed by atoms with Gasteiger partial charge in [-0.3, -0.25) is 0 Å². The first-order valence-corrected chi connectivity index (χ1v) is 6.07. The van der Waals surface area contributed by atoms with Gasteiger partial charge >= 0.3 is 6.61 Å². The molecule has 0 fully saturated rings. The van der Waals surface area contributed by atoms with Crippen molar-refractivity contribution in [2.24, 2.45) is 0 Å². The van der Waals surface area contributed by atoms with Crippen LogP contribution in [0.2, 0.25) is 0 Å². The molecule has 0 aliphatic heterocycles. The topological polar surface area (TPSA) is 45.0 Å². The summed E-state index contributed by atoms with van der Waals surface area (Å²) in [7, 11) is 0. The predicted molar refractivity (Wildman–Crippen MR) is 71.5 cm³/mol. The molecule has 3 nitrogen and oxygen atoms in total. The van der Waals surface area contributed by atoms with E-state index in [0.717, 1.165) is 0 Å². The maximum Gasteiger partial charge on any atom is 0.387 e. The Hall–Kier alpha value is -2.68. The Balaban J connectivity index is 2.18. The Bertz CT molecular complexity index is 668. The highest BCUT2D eigenvalue weighted by Crippen LogP contribution is 2.23. The van der Waals surface area contributed by atoms with Crippen molar-refractivity contribution < 1.29 is 17.9 Å². The lowest BCUT2D eigenvalue weighted by molar-refractivity contribution is -0.0504. The highest BCUT2D eigenvalue weighted by Gasteiger charge is 2.11. The Morgan fingerprint density at radius 3 is 2.62 bits per heavy atom. The number of hydrogen-bond acceptors (Lipinski definition) is 3. The van der Waals surface area contributed by atoms with Gasteiger partial charge in [-0.25, -0.2) is 4.39 Å². The molecule has 1 N–H and O–H groups in total. The fourth-order valence-electron chi connectivity index (χ4n) is 1.84. The fraction of sp³-hybridized carbons (Fsp3) is 0.133. The van der Waals surface area contributed by atoms with Gasteiger partial charge in [-0.1, -0.05) is 24.3 Å². The van der Waals surface area contributed by atoms with Gasteiger partial charge in [-0.2, -0.15) is 14.0 Å². The first kappa shape index (κ1) is 14.7. The second kappa shape index (κ2) is 6.66. The Labute approximate surface area is 119 Å². The first-order valence-electron chi connectivity index (χ1n) is 6.07. The van der Waals surface area contributed by atoms with Gasteiger partial charge in [0.2, 0.25) is 0 Å². The largest absolute Gasteiger partial charge is 0.434 e. The van der Waals surface area contributed by atoms with E-state index in [1.165, 1.54) is 24.3 Å². The Kier molecular flexibility index (Phi) is 4.67. The van der Waals surface area contributed by atoms with Crippen LogP contribution < -0.4 is 10.1 Å². The van der Waals surface area contributed by atoms with Gasteiger partial charge in [-0.15, -0.1) is 0 Å². The highest BCUT2D eigenvalue weighted by atomic mass is 19.3. The summed E-state index contributed by atoms with van der Waals surface area (Å²) < 4.78 is 42.4. The molecule has 0 aliphatic carbocycles. The van der Waals surface area contributed by atoms with Gasteiger partial charge in [0.25, 0.3) is 0 Å². The molecule has 21 heavy (non-hydrogen) atoms. The molecule has 2 aromatic carbocycles. The van der Waals surface area contributed by atoms with Crippen LogP contribution in [0.1, 0.15) is 11.1 Å². The molecule has 0 aromatic heterocycles. The van der Waals surface area contributed by atoms with Crippen molar-refractivity contribution in [1.29, 1.82) is 5.26 Å². The first-order chi connectivity index (χ1) is 10.1. The number of alkyl halides is 2. The molecule has 0 radical (unpaired) electrons. The fourth-order valence-corrected chi connectivity index (χ4v) is 1.84. The van der Waals surface area contributed by atoms with Crippen LogP contribution >= 0.6 is 0 Å². The summed E-state index contributed by atoms with van der Waals surface area (Å²) in [6.45, 7) is -2.80. The van der Waals surface area contributed by atoms with Gasteiger partial charge in [0.15, 0.2) is 0 Å². The van der Waals surface area contributed by atoms with E-state index in [2.05, 4.69) is 10.1 Å². The number of nitrogens with zero attached hydrogens (tertiary/aromatic N) is 1. The van der Waals surface area contributed by atoms with Crippen LogP contribution in [-0.4, -0.2) is 6.61 Å². The SMILES string of the molecule is N#Cc1c(F)cccc1NCc1ccccc1OC(F)F. The molecule has 0 heterocycles. The van der Waals surface area contributed by atoms with Crippen LogP contribution in [0.25, 0.3) is 0 Å². The van der Waals surface area contributed by atoms with Crippen molar-refractivity contribution in [1.82, 2.24) is 0 Å². The molecular formula is C15H11F3N2O. The number of para-hydroxylation sites is 1. The van der Waals surface area contributed by atoms with Crippen molar-refractivity contribution in [2.45, 2.75) is 13.2 Å². The van der Waals surface area contributed by atoms with Crippen LogP contribution in [0.3, 0.4) is 0 Å². The molecule has 0 spiro atoms. The minimum absolute atomic E-state index is 0.0370. The number of rotatable bonds is 5. The number of hydrogen-bond donors (Lipinski definition) is 1. The lowest BCUT2D eigenvalue weighted by Crippen LogP contribution is -2.08. The van der Waals surface area contributed by atoms with Crippen LogP contribution in [0.15, 0.2) is 42.5 Å². The summed E-state index contributed by atoms with van der Waals surface area (Å²) in [5.74, 6) is -0.602. The zero-order valence-electron chi connectivity index (χ0n) is 10.8. The molecule has 6 heteroatoms. The molecule has 2 rings (SSSR count). The molecule has 2 aromatic rings. The molecule has 0 amide bonds. The number of nitrogens with one attached hydrogen (secondary N) is 1. The normalized spacial score (nSPS) is 10.2. The second-order valence-electron chi connectivity index (χ2n) is 4.11. The molecular weight excluding hydrogens is 281 g/mol. The zero-order chi connectivity index (χ0) is 15.2. The average molecular weight is 292 g/mol. The van der Waals surface area contributed by atoms with E-state index in [0.29, 0.717) is 11.3 Å². The molecule has 0 saturated heterocycles. The standard InChI is InChI=1S/C15H11F3N2O/c16-12-5-3-6-13(11(12)8-19)20-9-10-4-1-2-7-14(10)21-15(17)18/h1-7,15,20H,9H2. The van der Waals surface area contributed by atoms with Crippen LogP contribution in [-0.2, 0) is 6.54 Å². The molecule has 0 unspecified atom stereocenters. The van der Waals surface area contributed by atoms with E-state index in [4.69, 9.17) is 5.26 Å². The van der Waals surface area contributed by atoms with Gasteiger partial charge < -0.3 is 10.1 Å². The zero-order valence-corrected chi connectivity index (χ0v) is 10.8. The number of halogens is 3. The smallest absolute Gasteiger partial charge is 0.387 e. The summed E-state index contributed by atoms with van der Waals surface area (Å²) in [6.07, 6.45) is 0. The summed E-state index contributed by atoms with van der Waals surface area (Å²) in [5, 5.41) is 11.8. The second-order valence-corrected chi connectivity index (χ2v) is 4.11. The third kappa shape index (κ3) is 3.66. The quantitative estimate of drug-likeness (QED) is 0.908. The molecule has 108 valence electrons. The maximum atomic E-state index is 13.4. The van der Waals surface area contributed by atoms with Crippen LogP contribution in [0.4, 0.5) is 18.9 Å². The number of ether oxygens (including phenoxy) is 1. The molecule has 0 saturated carbocycles. The number of nitriles is 1. The van der Waals surface area contributed by atoms with Gasteiger partial charge in [0, 0.05) is 12.1 Å². The van der Waals surface area contributed by atoms with Gasteiger partial charge in [0.1, 0.15) is 23.2 Å². The molecule has 0 atom stereocenters. The van der Waals surface area contributed by atoms with E-state index in [1.807, 2.05) is 0 Å². The number of benzene rings is 2. The minimum atomic E-state index is -2.92. The van der Waals surface area contributed by atoms with Gasteiger partial charge in [0.05, 0.1) is 5.69 Å². The monoisotopic (exact) mass is 292 g/mol. The lowest BCUT2D eigenvalue weighted by atomic mass is 10.1. The highest BCUT2D eigenvalue weighted by molar-refractivity contribution is 5.58. The van der Waals surface area contributed by atoms with Crippen molar-refractivity contribution >= 4 is 5.69 Å². The van der Waals surface area contributed by atoms with Crippen molar-refractivity contribution in [2.75, 3.05) is 5.32 Å². The van der Waals surface area contributed by atoms with E-state index in [1.54, 1.807) is 24.3 Å². The van der Waals surface area contributed by atoms with Crippen molar-refractivity contribution in [3.63, 3.8) is 0 Å². The van der Waals surface area contributed by atoms with Gasteiger partial charge in [-0.05, 0) is 18.2 Å². The predicted octanol–water partition coefficient (Wildman–Crippen LogP) is 3.91. The minimum Gasteiger partial charge on any atom is -0.434 e. The van der Waals surface area contributed by atoms with Crippen LogP contribution in [0.5, 0.6) is 5.75 Å². The van der Waals surface area contributed by atoms with E-state index >= 15 is 0 Å². The summed E-state index contributed by atoms with van der Waals surface area (Å²) in [6, 6.07) is 12.2. The van der Waals surface area contributed by atoms with E-state index in [9.17, 15) is 13.2 Å². The lowest BCUT2D eigenvalue weighted by Gasteiger charge is -2.13. The third-order valence-corrected chi connectivity index (χ3v) is 2.78. The molecule has 0 bridgehead atoms. The summed E-state index contributed by atoms with van der Waals surface area (Å²) in [5.41, 5.74) is 0.653. The Morgan fingerprint density at radius 1 is 1.14 bits per heavy atom. The van der Waals surface area contributed by atoms with E-state index in [-0.39, 0.29) is 17.9 Å². The Morgan fingerprint density at radius 2 is 1.90 bits per heavy atom. The van der Waals surface area contributed by atoms with Crippen molar-refractivity contribution in [3.05, 3.63) is 59.4 Å². The van der Waals surface area contributed by atoms with Crippen molar-refractivity contribution in [3.8, 4) is 11.8 Å². The van der Waals surface area contributed by atoms with Crippen LogP contribution in [0, 0.1) is 17.1 Å². The third-order valence-electron chi connectivity index (χ3n) is 2.78. The summed E-state index contributed by atoms with van der Waals surface area (Å²) in [4.78, 5) is 0. The average Bonchev–Trinajstić information content (AvgIpc) is 2.46.